The van der Waals surface area contributed by atoms with Crippen LogP contribution in [0.4, 0.5) is 5.13 Å². The SMILES string of the molecule is COc1cccc2sc(NC(=O)c3sc4nc(C)nc(C)c4c3C)nc12. The molecule has 4 aromatic rings. The van der Waals surface area contributed by atoms with Gasteiger partial charge < -0.3 is 4.74 Å². The summed E-state index contributed by atoms with van der Waals surface area (Å²) in [6.07, 6.45) is 0. The number of nitrogens with one attached hydrogen (secondary N) is 1. The van der Waals surface area contributed by atoms with Crippen LogP contribution in [0.2, 0.25) is 0 Å². The maximum absolute atomic E-state index is 12.8. The van der Waals surface area contributed by atoms with Crippen LogP contribution in [0.15, 0.2) is 18.2 Å². The van der Waals surface area contributed by atoms with E-state index in [1.54, 1.807) is 7.11 Å². The topological polar surface area (TPSA) is 77.0 Å². The minimum atomic E-state index is -0.180. The summed E-state index contributed by atoms with van der Waals surface area (Å²) >= 11 is 2.80. The van der Waals surface area contributed by atoms with Crippen molar-refractivity contribution < 1.29 is 9.53 Å². The van der Waals surface area contributed by atoms with Crippen LogP contribution in [0.5, 0.6) is 5.75 Å². The Morgan fingerprint density at radius 3 is 2.69 bits per heavy atom. The van der Waals surface area contributed by atoms with E-state index in [1.165, 1.54) is 22.7 Å². The second-order valence-electron chi connectivity index (χ2n) is 5.87. The number of carbonyl (C=O) groups excluding carboxylic acids is 1. The Morgan fingerprint density at radius 2 is 1.92 bits per heavy atom. The molecule has 0 saturated carbocycles. The summed E-state index contributed by atoms with van der Waals surface area (Å²) in [4.78, 5) is 27.7. The second kappa shape index (κ2) is 6.30. The molecule has 0 saturated heterocycles. The first-order chi connectivity index (χ1) is 12.5. The third-order valence-corrected chi connectivity index (χ3v) is 6.23. The quantitative estimate of drug-likeness (QED) is 0.563. The highest BCUT2D eigenvalue weighted by atomic mass is 32.1. The van der Waals surface area contributed by atoms with Crippen LogP contribution >= 0.6 is 22.7 Å². The van der Waals surface area contributed by atoms with Gasteiger partial charge in [0.15, 0.2) is 5.13 Å². The molecule has 26 heavy (non-hydrogen) atoms. The van der Waals surface area contributed by atoms with Gasteiger partial charge in [-0.25, -0.2) is 15.0 Å². The Morgan fingerprint density at radius 1 is 1.12 bits per heavy atom. The molecule has 0 atom stereocenters. The lowest BCUT2D eigenvalue weighted by Crippen LogP contribution is -2.11. The molecule has 0 bridgehead atoms. The van der Waals surface area contributed by atoms with E-state index in [-0.39, 0.29) is 5.91 Å². The normalized spacial score (nSPS) is 11.2. The standard InChI is InChI=1S/C18H16N4O2S2/c1-8-13-9(2)19-10(3)20-17(13)26-15(8)16(23)22-18-21-14-11(24-4)6-5-7-12(14)25-18/h5-7H,1-4H3,(H,21,22,23). The van der Waals surface area contributed by atoms with Crippen molar-refractivity contribution in [3.63, 3.8) is 0 Å². The van der Waals surface area contributed by atoms with E-state index in [1.807, 2.05) is 39.0 Å². The number of thiophene rings is 1. The Labute approximate surface area is 157 Å². The lowest BCUT2D eigenvalue weighted by atomic mass is 10.1. The molecule has 0 fully saturated rings. The summed E-state index contributed by atoms with van der Waals surface area (Å²) < 4.78 is 6.30. The van der Waals surface area contributed by atoms with Crippen LogP contribution in [0, 0.1) is 20.8 Å². The van der Waals surface area contributed by atoms with Crippen molar-refractivity contribution in [1.82, 2.24) is 15.0 Å². The van der Waals surface area contributed by atoms with E-state index in [9.17, 15) is 4.79 Å². The minimum absolute atomic E-state index is 0.180. The summed E-state index contributed by atoms with van der Waals surface area (Å²) in [5.74, 6) is 1.22. The number of fused-ring (bicyclic) bond motifs is 2. The molecule has 8 heteroatoms. The van der Waals surface area contributed by atoms with Crippen molar-refractivity contribution in [2.45, 2.75) is 20.8 Å². The van der Waals surface area contributed by atoms with Crippen molar-refractivity contribution in [3.8, 4) is 5.75 Å². The van der Waals surface area contributed by atoms with Crippen molar-refractivity contribution in [2.75, 3.05) is 12.4 Å². The molecular weight excluding hydrogens is 368 g/mol. The first-order valence-corrected chi connectivity index (χ1v) is 9.60. The van der Waals surface area contributed by atoms with Crippen molar-refractivity contribution in [3.05, 3.63) is 40.2 Å². The van der Waals surface area contributed by atoms with Crippen LogP contribution < -0.4 is 10.1 Å². The summed E-state index contributed by atoms with van der Waals surface area (Å²) in [6.45, 7) is 5.73. The number of carbonyl (C=O) groups is 1. The monoisotopic (exact) mass is 384 g/mol. The highest BCUT2D eigenvalue weighted by Crippen LogP contribution is 2.34. The predicted molar refractivity (Wildman–Crippen MR) is 106 cm³/mol. The summed E-state index contributed by atoms with van der Waals surface area (Å²) in [6, 6.07) is 5.72. The maximum atomic E-state index is 12.8. The zero-order chi connectivity index (χ0) is 18.4. The number of para-hydroxylation sites is 1. The number of amides is 1. The van der Waals surface area contributed by atoms with Crippen molar-refractivity contribution >= 4 is 54.1 Å². The lowest BCUT2D eigenvalue weighted by molar-refractivity contribution is 0.103. The van der Waals surface area contributed by atoms with Gasteiger partial charge in [0, 0.05) is 11.1 Å². The maximum Gasteiger partial charge on any atom is 0.267 e. The average Bonchev–Trinajstić information content (AvgIpc) is 3.14. The third kappa shape index (κ3) is 2.71. The van der Waals surface area contributed by atoms with E-state index in [0.29, 0.717) is 21.6 Å². The number of rotatable bonds is 3. The molecule has 1 aromatic carbocycles. The Kier molecular flexibility index (Phi) is 4.08. The third-order valence-electron chi connectivity index (χ3n) is 4.11. The van der Waals surface area contributed by atoms with Crippen molar-refractivity contribution in [2.24, 2.45) is 0 Å². The van der Waals surface area contributed by atoms with Gasteiger partial charge in [0.05, 0.1) is 16.7 Å². The molecule has 4 rings (SSSR count). The molecule has 0 aliphatic rings. The highest BCUT2D eigenvalue weighted by Gasteiger charge is 2.20. The lowest BCUT2D eigenvalue weighted by Gasteiger charge is -2.01. The first-order valence-electron chi connectivity index (χ1n) is 7.97. The van der Waals surface area contributed by atoms with Crippen LogP contribution in [0.3, 0.4) is 0 Å². The largest absolute Gasteiger partial charge is 0.494 e. The number of ether oxygens (including phenoxy) is 1. The van der Waals surface area contributed by atoms with Crippen molar-refractivity contribution in [1.29, 1.82) is 0 Å². The summed E-state index contributed by atoms with van der Waals surface area (Å²) in [7, 11) is 1.61. The van der Waals surface area contributed by atoms with E-state index in [4.69, 9.17) is 4.74 Å². The Hall–Kier alpha value is -2.58. The van der Waals surface area contributed by atoms with Crippen LogP contribution in [-0.2, 0) is 0 Å². The zero-order valence-electron chi connectivity index (χ0n) is 14.7. The molecule has 1 amide bonds. The smallest absolute Gasteiger partial charge is 0.267 e. The van der Waals surface area contributed by atoms with Gasteiger partial charge in [0.1, 0.15) is 21.9 Å². The number of hydrogen-bond acceptors (Lipinski definition) is 7. The summed E-state index contributed by atoms with van der Waals surface area (Å²) in [5, 5.41) is 4.41. The molecule has 0 aliphatic heterocycles. The van der Waals surface area contributed by atoms with E-state index in [0.717, 1.165) is 31.7 Å². The van der Waals surface area contributed by atoms with Crippen LogP contribution in [-0.4, -0.2) is 28.0 Å². The number of benzene rings is 1. The average molecular weight is 384 g/mol. The number of anilines is 1. The van der Waals surface area contributed by atoms with Gasteiger partial charge >= 0.3 is 0 Å². The molecule has 6 nitrogen and oxygen atoms in total. The molecule has 3 aromatic heterocycles. The zero-order valence-corrected chi connectivity index (χ0v) is 16.3. The molecule has 132 valence electrons. The van der Waals surface area contributed by atoms with E-state index < -0.39 is 0 Å². The molecule has 0 aliphatic carbocycles. The number of nitrogens with zero attached hydrogens (tertiary/aromatic N) is 3. The van der Waals surface area contributed by atoms with Crippen LogP contribution in [0.1, 0.15) is 26.8 Å². The van der Waals surface area contributed by atoms with Gasteiger partial charge in [-0.05, 0) is 38.5 Å². The fraction of sp³-hybridized carbons (Fsp3) is 0.222. The fourth-order valence-corrected chi connectivity index (χ4v) is 5.04. The van der Waals surface area contributed by atoms with E-state index >= 15 is 0 Å². The number of aryl methyl sites for hydroxylation is 3. The first kappa shape index (κ1) is 16.9. The second-order valence-corrected chi connectivity index (χ2v) is 7.90. The van der Waals surface area contributed by atoms with Gasteiger partial charge in [0.25, 0.3) is 5.91 Å². The molecular formula is C18H16N4O2S2. The predicted octanol–water partition coefficient (Wildman–Crippen LogP) is 4.49. The molecule has 0 spiro atoms. The minimum Gasteiger partial charge on any atom is -0.494 e. The molecule has 0 unspecified atom stereocenters. The number of thiazole rings is 1. The van der Waals surface area contributed by atoms with Gasteiger partial charge in [0.2, 0.25) is 0 Å². The molecule has 1 N–H and O–H groups in total. The van der Waals surface area contributed by atoms with E-state index in [2.05, 4.69) is 20.3 Å². The summed E-state index contributed by atoms with van der Waals surface area (Å²) in [5.41, 5.74) is 2.55. The van der Waals surface area contributed by atoms with Gasteiger partial charge in [-0.15, -0.1) is 11.3 Å². The molecule has 0 radical (unpaired) electrons. The number of methoxy groups -OCH3 is 1. The number of hydrogen-bond donors (Lipinski definition) is 1. The fourth-order valence-electron chi connectivity index (χ4n) is 2.99. The number of aromatic nitrogens is 3. The van der Waals surface area contributed by atoms with Crippen LogP contribution in [0.25, 0.3) is 20.4 Å². The highest BCUT2D eigenvalue weighted by molar-refractivity contribution is 7.23. The van der Waals surface area contributed by atoms with Gasteiger partial charge in [-0.2, -0.15) is 0 Å². The Bertz CT molecular complexity index is 1160. The van der Waals surface area contributed by atoms with Gasteiger partial charge in [-0.3, -0.25) is 10.1 Å². The Balaban J connectivity index is 1.72. The molecule has 3 heterocycles. The van der Waals surface area contributed by atoms with Gasteiger partial charge in [-0.1, -0.05) is 17.4 Å².